The van der Waals surface area contributed by atoms with E-state index in [2.05, 4.69) is 10.6 Å². The molecule has 6 nitrogen and oxygen atoms in total. The van der Waals surface area contributed by atoms with Crippen molar-refractivity contribution in [3.63, 3.8) is 0 Å². The Balaban J connectivity index is 1.75. The first-order valence-electron chi connectivity index (χ1n) is 9.64. The fraction of sp³-hybridized carbons (Fsp3) is 0.364. The molecule has 0 spiro atoms. The topological polar surface area (TPSA) is 70.7 Å². The van der Waals surface area contributed by atoms with Gasteiger partial charge >= 0.3 is 0 Å². The van der Waals surface area contributed by atoms with Crippen LogP contribution in [0, 0.1) is 13.8 Å². The number of hydrogen-bond acceptors (Lipinski definition) is 4. The van der Waals surface area contributed by atoms with E-state index in [4.69, 9.17) is 4.74 Å². The van der Waals surface area contributed by atoms with Crippen molar-refractivity contribution in [1.82, 2.24) is 5.32 Å². The molecule has 28 heavy (non-hydrogen) atoms. The highest BCUT2D eigenvalue weighted by molar-refractivity contribution is 5.96. The molecule has 1 aliphatic rings. The lowest BCUT2D eigenvalue weighted by atomic mass is 10.1. The lowest BCUT2D eigenvalue weighted by Gasteiger charge is -2.35. The van der Waals surface area contributed by atoms with Crippen LogP contribution >= 0.6 is 0 Å². The van der Waals surface area contributed by atoms with Crippen LogP contribution in [0.25, 0.3) is 0 Å². The zero-order valence-corrected chi connectivity index (χ0v) is 16.6. The second kappa shape index (κ2) is 8.78. The molecule has 0 fully saturated rings. The molecule has 0 saturated carbocycles. The summed E-state index contributed by atoms with van der Waals surface area (Å²) >= 11 is 0. The third kappa shape index (κ3) is 4.44. The molecule has 148 valence electrons. The molecular formula is C22H27N3O3. The van der Waals surface area contributed by atoms with Gasteiger partial charge in [-0.2, -0.15) is 0 Å². The summed E-state index contributed by atoms with van der Waals surface area (Å²) in [5, 5.41) is 5.88. The quantitative estimate of drug-likeness (QED) is 0.807. The van der Waals surface area contributed by atoms with Crippen LogP contribution in [0.4, 0.5) is 11.4 Å². The maximum absolute atomic E-state index is 12.7. The van der Waals surface area contributed by atoms with Crippen LogP contribution in [-0.2, 0) is 9.59 Å². The molecule has 2 aromatic carbocycles. The monoisotopic (exact) mass is 381 g/mol. The first-order chi connectivity index (χ1) is 13.5. The van der Waals surface area contributed by atoms with Gasteiger partial charge in [0.25, 0.3) is 5.91 Å². The Bertz CT molecular complexity index is 846. The van der Waals surface area contributed by atoms with Crippen molar-refractivity contribution in [2.75, 3.05) is 29.9 Å². The number of carbonyl (C=O) groups is 2. The van der Waals surface area contributed by atoms with Gasteiger partial charge in [-0.3, -0.25) is 9.59 Å². The van der Waals surface area contributed by atoms with Gasteiger partial charge in [-0.05, 0) is 43.5 Å². The van der Waals surface area contributed by atoms with Gasteiger partial charge in [0.1, 0.15) is 5.75 Å². The number of rotatable bonds is 6. The number of benzene rings is 2. The minimum absolute atomic E-state index is 0.123. The van der Waals surface area contributed by atoms with Crippen LogP contribution in [0.15, 0.2) is 42.5 Å². The van der Waals surface area contributed by atoms with E-state index in [-0.39, 0.29) is 18.4 Å². The molecule has 3 rings (SSSR count). The van der Waals surface area contributed by atoms with Crippen LogP contribution < -0.4 is 20.3 Å². The maximum atomic E-state index is 12.7. The van der Waals surface area contributed by atoms with E-state index in [0.29, 0.717) is 18.8 Å². The van der Waals surface area contributed by atoms with Crippen molar-refractivity contribution in [3.05, 3.63) is 53.6 Å². The highest BCUT2D eigenvalue weighted by Gasteiger charge is 2.31. The second-order valence-electron chi connectivity index (χ2n) is 7.06. The minimum Gasteiger partial charge on any atom is -0.477 e. The normalized spacial score (nSPS) is 15.4. The number of amides is 2. The van der Waals surface area contributed by atoms with Gasteiger partial charge in [-0.15, -0.1) is 0 Å². The summed E-state index contributed by atoms with van der Waals surface area (Å²) in [7, 11) is 0. The average molecular weight is 381 g/mol. The Morgan fingerprint density at radius 3 is 2.54 bits per heavy atom. The maximum Gasteiger partial charge on any atom is 0.262 e. The number of ether oxygens (including phenoxy) is 1. The Morgan fingerprint density at radius 1 is 1.11 bits per heavy atom. The van der Waals surface area contributed by atoms with Crippen molar-refractivity contribution in [2.24, 2.45) is 0 Å². The highest BCUT2D eigenvalue weighted by Crippen LogP contribution is 2.33. The van der Waals surface area contributed by atoms with E-state index < -0.39 is 6.10 Å². The van der Waals surface area contributed by atoms with E-state index in [9.17, 15) is 9.59 Å². The van der Waals surface area contributed by atoms with Crippen LogP contribution in [0.5, 0.6) is 5.75 Å². The highest BCUT2D eigenvalue weighted by atomic mass is 16.5. The predicted molar refractivity (Wildman–Crippen MR) is 111 cm³/mol. The van der Waals surface area contributed by atoms with E-state index >= 15 is 0 Å². The van der Waals surface area contributed by atoms with Gasteiger partial charge in [0, 0.05) is 12.2 Å². The molecule has 2 aromatic rings. The van der Waals surface area contributed by atoms with Crippen molar-refractivity contribution in [3.8, 4) is 5.75 Å². The number of aryl methyl sites for hydroxylation is 2. The molecule has 2 N–H and O–H groups in total. The number of anilines is 2. The number of nitrogens with one attached hydrogen (secondary N) is 2. The summed E-state index contributed by atoms with van der Waals surface area (Å²) in [6.07, 6.45) is 0.214. The van der Waals surface area contributed by atoms with E-state index in [1.807, 2.05) is 68.1 Å². The number of hydrogen-bond donors (Lipinski definition) is 2. The SMILES string of the molecule is CCCNC(=O)[C@@H]1CN(CC(=O)Nc2c(C)cccc2C)c2ccccc2O1. The van der Waals surface area contributed by atoms with Gasteiger partial charge in [-0.1, -0.05) is 37.3 Å². The zero-order chi connectivity index (χ0) is 20.1. The number of nitrogens with zero attached hydrogens (tertiary/aromatic N) is 1. The van der Waals surface area contributed by atoms with Gasteiger partial charge < -0.3 is 20.3 Å². The summed E-state index contributed by atoms with van der Waals surface area (Å²) in [4.78, 5) is 27.1. The average Bonchev–Trinajstić information content (AvgIpc) is 2.69. The predicted octanol–water partition coefficient (Wildman–Crippen LogP) is 3.04. The van der Waals surface area contributed by atoms with Crippen LogP contribution in [-0.4, -0.2) is 37.6 Å². The molecule has 6 heteroatoms. The summed E-state index contributed by atoms with van der Waals surface area (Å²) in [6.45, 7) is 7.02. The Labute approximate surface area is 165 Å². The molecular weight excluding hydrogens is 354 g/mol. The molecule has 1 atom stereocenters. The Hall–Kier alpha value is -3.02. The van der Waals surface area contributed by atoms with Crippen molar-refractivity contribution in [2.45, 2.75) is 33.3 Å². The molecule has 0 aromatic heterocycles. The van der Waals surface area contributed by atoms with Crippen LogP contribution in [0.1, 0.15) is 24.5 Å². The number of carbonyl (C=O) groups excluding carboxylic acids is 2. The second-order valence-corrected chi connectivity index (χ2v) is 7.06. The van der Waals surface area contributed by atoms with Crippen molar-refractivity contribution in [1.29, 1.82) is 0 Å². The fourth-order valence-electron chi connectivity index (χ4n) is 3.32. The van der Waals surface area contributed by atoms with Crippen molar-refractivity contribution >= 4 is 23.2 Å². The van der Waals surface area contributed by atoms with E-state index in [0.717, 1.165) is 28.9 Å². The van der Waals surface area contributed by atoms with E-state index in [1.165, 1.54) is 0 Å². The number of para-hydroxylation sites is 3. The summed E-state index contributed by atoms with van der Waals surface area (Å²) in [6, 6.07) is 13.4. The van der Waals surface area contributed by atoms with Crippen molar-refractivity contribution < 1.29 is 14.3 Å². The van der Waals surface area contributed by atoms with Gasteiger partial charge in [0.2, 0.25) is 5.91 Å². The van der Waals surface area contributed by atoms with E-state index in [1.54, 1.807) is 0 Å². The third-order valence-electron chi connectivity index (χ3n) is 4.78. The number of fused-ring (bicyclic) bond motifs is 1. The summed E-state index contributed by atoms with van der Waals surface area (Å²) < 4.78 is 5.87. The third-order valence-corrected chi connectivity index (χ3v) is 4.78. The minimum atomic E-state index is -0.644. The Kier molecular flexibility index (Phi) is 6.19. The molecule has 0 aliphatic carbocycles. The smallest absolute Gasteiger partial charge is 0.262 e. The molecule has 0 bridgehead atoms. The standard InChI is InChI=1S/C22H27N3O3/c1-4-12-23-22(27)19-13-25(17-10-5-6-11-18(17)28-19)14-20(26)24-21-15(2)8-7-9-16(21)3/h5-11,19H,4,12-14H2,1-3H3,(H,23,27)(H,24,26)/t19-/m0/s1. The molecule has 0 unspecified atom stereocenters. The molecule has 2 amide bonds. The largest absolute Gasteiger partial charge is 0.477 e. The lowest BCUT2D eigenvalue weighted by Crippen LogP contribution is -2.50. The molecule has 1 heterocycles. The first-order valence-corrected chi connectivity index (χ1v) is 9.64. The van der Waals surface area contributed by atoms with Crippen LogP contribution in [0.3, 0.4) is 0 Å². The fourth-order valence-corrected chi connectivity index (χ4v) is 3.32. The van der Waals surface area contributed by atoms with Crippen LogP contribution in [0.2, 0.25) is 0 Å². The summed E-state index contributed by atoms with van der Waals surface area (Å²) in [5.74, 6) is 0.337. The van der Waals surface area contributed by atoms with Gasteiger partial charge in [-0.25, -0.2) is 0 Å². The molecule has 0 saturated heterocycles. The first kappa shape index (κ1) is 19.7. The lowest BCUT2D eigenvalue weighted by molar-refractivity contribution is -0.128. The molecule has 0 radical (unpaired) electrons. The van der Waals surface area contributed by atoms with Gasteiger partial charge in [0.05, 0.1) is 18.8 Å². The zero-order valence-electron chi connectivity index (χ0n) is 16.6. The Morgan fingerprint density at radius 2 is 1.82 bits per heavy atom. The molecule has 1 aliphatic heterocycles. The summed E-state index contributed by atoms with van der Waals surface area (Å²) in [5.41, 5.74) is 3.70. The van der Waals surface area contributed by atoms with Gasteiger partial charge in [0.15, 0.2) is 6.10 Å².